The molecule has 2 rings (SSSR count). The fraction of sp³-hybridized carbons (Fsp3) is 0.923. The van der Waals surface area contributed by atoms with Crippen molar-refractivity contribution in [2.45, 2.75) is 45.3 Å². The van der Waals surface area contributed by atoms with Crippen molar-refractivity contribution in [3.63, 3.8) is 0 Å². The van der Waals surface area contributed by atoms with Crippen LogP contribution in [-0.4, -0.2) is 42.6 Å². The molecule has 1 aliphatic heterocycles. The molecule has 17 heavy (non-hydrogen) atoms. The molecule has 2 aliphatic rings. The third kappa shape index (κ3) is 2.99. The molecular formula is C13H24N2O2. The summed E-state index contributed by atoms with van der Waals surface area (Å²) in [6.45, 7) is 6.50. The van der Waals surface area contributed by atoms with Crippen molar-refractivity contribution in [2.24, 2.45) is 17.6 Å². The lowest BCUT2D eigenvalue weighted by atomic mass is 9.91. The molecule has 3 atom stereocenters. The second-order valence-corrected chi connectivity index (χ2v) is 5.36. The molecule has 0 aromatic rings. The number of piperidine rings is 1. The van der Waals surface area contributed by atoms with Gasteiger partial charge in [0.05, 0.1) is 12.0 Å². The SMILES string of the molecule is CCOC1CC1C(=O)N1CCC(C(C)N)CC1. The number of nitrogens with zero attached hydrogens (tertiary/aromatic N) is 1. The zero-order valence-electron chi connectivity index (χ0n) is 10.9. The van der Waals surface area contributed by atoms with E-state index in [1.165, 1.54) is 0 Å². The highest BCUT2D eigenvalue weighted by atomic mass is 16.5. The van der Waals surface area contributed by atoms with Crippen molar-refractivity contribution in [3.8, 4) is 0 Å². The quantitative estimate of drug-likeness (QED) is 0.797. The van der Waals surface area contributed by atoms with Gasteiger partial charge < -0.3 is 15.4 Å². The Labute approximate surface area is 103 Å². The van der Waals surface area contributed by atoms with Crippen LogP contribution < -0.4 is 5.73 Å². The lowest BCUT2D eigenvalue weighted by Gasteiger charge is -2.33. The van der Waals surface area contributed by atoms with E-state index in [-0.39, 0.29) is 18.1 Å². The van der Waals surface area contributed by atoms with Crippen LogP contribution in [0.2, 0.25) is 0 Å². The molecule has 0 aromatic carbocycles. The van der Waals surface area contributed by atoms with Crippen LogP contribution in [0, 0.1) is 11.8 Å². The van der Waals surface area contributed by atoms with Crippen molar-refractivity contribution in [1.82, 2.24) is 4.90 Å². The predicted octanol–water partition coefficient (Wildman–Crippen LogP) is 0.997. The highest BCUT2D eigenvalue weighted by molar-refractivity contribution is 5.82. The van der Waals surface area contributed by atoms with E-state index in [0.29, 0.717) is 18.4 Å². The zero-order chi connectivity index (χ0) is 12.4. The number of amides is 1. The van der Waals surface area contributed by atoms with E-state index in [0.717, 1.165) is 32.4 Å². The standard InChI is InChI=1S/C13H24N2O2/c1-3-17-12-8-11(12)13(16)15-6-4-10(5-7-15)9(2)14/h9-12H,3-8,14H2,1-2H3. The molecule has 1 heterocycles. The van der Waals surface area contributed by atoms with Gasteiger partial charge in [-0.3, -0.25) is 4.79 Å². The molecule has 0 radical (unpaired) electrons. The van der Waals surface area contributed by atoms with Crippen LogP contribution in [0.5, 0.6) is 0 Å². The minimum Gasteiger partial charge on any atom is -0.378 e. The average molecular weight is 240 g/mol. The van der Waals surface area contributed by atoms with E-state index < -0.39 is 0 Å². The molecule has 0 aromatic heterocycles. The van der Waals surface area contributed by atoms with Gasteiger partial charge in [0.1, 0.15) is 0 Å². The summed E-state index contributed by atoms with van der Waals surface area (Å²) in [7, 11) is 0. The number of hydrogen-bond acceptors (Lipinski definition) is 3. The monoisotopic (exact) mass is 240 g/mol. The normalized spacial score (nSPS) is 31.4. The highest BCUT2D eigenvalue weighted by Gasteiger charge is 2.46. The van der Waals surface area contributed by atoms with Gasteiger partial charge in [-0.05, 0) is 39.0 Å². The first kappa shape index (κ1) is 12.8. The smallest absolute Gasteiger partial charge is 0.228 e. The zero-order valence-corrected chi connectivity index (χ0v) is 10.9. The summed E-state index contributed by atoms with van der Waals surface area (Å²) in [4.78, 5) is 14.1. The van der Waals surface area contributed by atoms with Crippen LogP contribution in [0.4, 0.5) is 0 Å². The maximum atomic E-state index is 12.1. The van der Waals surface area contributed by atoms with Gasteiger partial charge in [0.25, 0.3) is 0 Å². The minimum atomic E-state index is 0.141. The molecule has 2 N–H and O–H groups in total. The van der Waals surface area contributed by atoms with Gasteiger partial charge in [0.2, 0.25) is 5.91 Å². The summed E-state index contributed by atoms with van der Waals surface area (Å²) in [5.41, 5.74) is 5.90. The van der Waals surface area contributed by atoms with Gasteiger partial charge in [-0.15, -0.1) is 0 Å². The average Bonchev–Trinajstić information content (AvgIpc) is 3.08. The number of carbonyl (C=O) groups excluding carboxylic acids is 1. The maximum absolute atomic E-state index is 12.1. The van der Waals surface area contributed by atoms with Crippen LogP contribution in [-0.2, 0) is 9.53 Å². The minimum absolute atomic E-state index is 0.141. The number of likely N-dealkylation sites (tertiary alicyclic amines) is 1. The fourth-order valence-electron chi connectivity index (χ4n) is 2.71. The molecule has 4 nitrogen and oxygen atoms in total. The van der Waals surface area contributed by atoms with Gasteiger partial charge in [0.15, 0.2) is 0 Å². The summed E-state index contributed by atoms with van der Waals surface area (Å²) >= 11 is 0. The Balaban J connectivity index is 1.76. The van der Waals surface area contributed by atoms with Crippen LogP contribution in [0.3, 0.4) is 0 Å². The molecule has 1 saturated carbocycles. The van der Waals surface area contributed by atoms with Crippen LogP contribution in [0.1, 0.15) is 33.1 Å². The molecule has 3 unspecified atom stereocenters. The molecule has 0 spiro atoms. The number of carbonyl (C=O) groups is 1. The van der Waals surface area contributed by atoms with Crippen LogP contribution >= 0.6 is 0 Å². The highest BCUT2D eigenvalue weighted by Crippen LogP contribution is 2.36. The Morgan fingerprint density at radius 3 is 2.65 bits per heavy atom. The van der Waals surface area contributed by atoms with Crippen molar-refractivity contribution in [3.05, 3.63) is 0 Å². The Morgan fingerprint density at radius 2 is 2.12 bits per heavy atom. The lowest BCUT2D eigenvalue weighted by molar-refractivity contribution is -0.135. The van der Waals surface area contributed by atoms with Crippen molar-refractivity contribution >= 4 is 5.91 Å². The molecule has 1 saturated heterocycles. The molecule has 0 bridgehead atoms. The Morgan fingerprint density at radius 1 is 1.47 bits per heavy atom. The van der Waals surface area contributed by atoms with Crippen molar-refractivity contribution < 1.29 is 9.53 Å². The Bertz CT molecular complexity index is 273. The summed E-state index contributed by atoms with van der Waals surface area (Å²) in [5.74, 6) is 1.02. The lowest BCUT2D eigenvalue weighted by Crippen LogP contribution is -2.43. The van der Waals surface area contributed by atoms with E-state index >= 15 is 0 Å². The predicted molar refractivity (Wildman–Crippen MR) is 66.5 cm³/mol. The molecule has 98 valence electrons. The Kier molecular flexibility index (Phi) is 4.05. The third-order valence-electron chi connectivity index (χ3n) is 4.02. The number of rotatable bonds is 4. The summed E-state index contributed by atoms with van der Waals surface area (Å²) in [5, 5.41) is 0. The van der Waals surface area contributed by atoms with Crippen molar-refractivity contribution in [1.29, 1.82) is 0 Å². The molecule has 4 heteroatoms. The summed E-state index contributed by atoms with van der Waals surface area (Å²) < 4.78 is 5.47. The summed E-state index contributed by atoms with van der Waals surface area (Å²) in [6.07, 6.45) is 3.21. The second kappa shape index (κ2) is 5.36. The molecule has 1 amide bonds. The van der Waals surface area contributed by atoms with Crippen LogP contribution in [0.25, 0.3) is 0 Å². The van der Waals surface area contributed by atoms with E-state index in [1.54, 1.807) is 0 Å². The maximum Gasteiger partial charge on any atom is 0.228 e. The number of ether oxygens (including phenoxy) is 1. The molecule has 2 fully saturated rings. The first-order valence-corrected chi connectivity index (χ1v) is 6.79. The second-order valence-electron chi connectivity index (χ2n) is 5.36. The topological polar surface area (TPSA) is 55.6 Å². The molecule has 1 aliphatic carbocycles. The Hall–Kier alpha value is -0.610. The van der Waals surface area contributed by atoms with Gasteiger partial charge in [-0.25, -0.2) is 0 Å². The largest absolute Gasteiger partial charge is 0.378 e. The van der Waals surface area contributed by atoms with Gasteiger partial charge in [-0.1, -0.05) is 0 Å². The van der Waals surface area contributed by atoms with E-state index in [9.17, 15) is 4.79 Å². The van der Waals surface area contributed by atoms with Crippen molar-refractivity contribution in [2.75, 3.05) is 19.7 Å². The number of nitrogens with two attached hydrogens (primary N) is 1. The van der Waals surface area contributed by atoms with Crippen LogP contribution in [0.15, 0.2) is 0 Å². The van der Waals surface area contributed by atoms with Gasteiger partial charge in [0, 0.05) is 25.7 Å². The number of hydrogen-bond donors (Lipinski definition) is 1. The first-order chi connectivity index (χ1) is 8.13. The van der Waals surface area contributed by atoms with Gasteiger partial charge in [-0.2, -0.15) is 0 Å². The third-order valence-corrected chi connectivity index (χ3v) is 4.02. The van der Waals surface area contributed by atoms with E-state index in [2.05, 4.69) is 6.92 Å². The van der Waals surface area contributed by atoms with Gasteiger partial charge >= 0.3 is 0 Å². The van der Waals surface area contributed by atoms with E-state index in [4.69, 9.17) is 10.5 Å². The molecular weight excluding hydrogens is 216 g/mol. The first-order valence-electron chi connectivity index (χ1n) is 6.79. The summed E-state index contributed by atoms with van der Waals surface area (Å²) in [6, 6.07) is 0.254. The fourth-order valence-corrected chi connectivity index (χ4v) is 2.71. The van der Waals surface area contributed by atoms with E-state index in [1.807, 2.05) is 11.8 Å².